The van der Waals surface area contributed by atoms with Crippen LogP contribution in [0.5, 0.6) is 0 Å². The molecule has 2 aromatic carbocycles. The molecule has 4 nitrogen and oxygen atoms in total. The van der Waals surface area contributed by atoms with Crippen molar-refractivity contribution in [1.29, 1.82) is 0 Å². The molecule has 4 heteroatoms. The Balaban J connectivity index is 2.25. The van der Waals surface area contributed by atoms with Gasteiger partial charge in [-0.05, 0) is 37.5 Å². The first-order chi connectivity index (χ1) is 11.4. The summed E-state index contributed by atoms with van der Waals surface area (Å²) in [4.78, 5) is 24.5. The van der Waals surface area contributed by atoms with Crippen LogP contribution in [0.25, 0.3) is 0 Å². The van der Waals surface area contributed by atoms with E-state index in [0.29, 0.717) is 17.5 Å². The number of aliphatic carboxylic acids is 1. The van der Waals surface area contributed by atoms with Gasteiger partial charge in [-0.1, -0.05) is 55.0 Å². The monoisotopic (exact) mass is 325 g/mol. The Bertz CT molecular complexity index is 740. The SMILES string of the molecule is CCC(CNC(=O)c1ccc(C)cc1C)(C(=O)O)c1ccccc1. The van der Waals surface area contributed by atoms with Gasteiger partial charge in [-0.25, -0.2) is 0 Å². The number of carboxylic acid groups (broad SMARTS) is 1. The van der Waals surface area contributed by atoms with E-state index in [4.69, 9.17) is 0 Å². The molecule has 0 spiro atoms. The fourth-order valence-corrected chi connectivity index (χ4v) is 2.93. The maximum absolute atomic E-state index is 12.5. The van der Waals surface area contributed by atoms with Gasteiger partial charge in [-0.15, -0.1) is 0 Å². The zero-order valence-electron chi connectivity index (χ0n) is 14.3. The van der Waals surface area contributed by atoms with Crippen LogP contribution in [-0.4, -0.2) is 23.5 Å². The second-order valence-corrected chi connectivity index (χ2v) is 6.11. The highest BCUT2D eigenvalue weighted by Crippen LogP contribution is 2.28. The first-order valence-corrected chi connectivity index (χ1v) is 8.05. The van der Waals surface area contributed by atoms with Gasteiger partial charge in [0, 0.05) is 12.1 Å². The second-order valence-electron chi connectivity index (χ2n) is 6.11. The summed E-state index contributed by atoms with van der Waals surface area (Å²) in [6, 6.07) is 14.7. The topological polar surface area (TPSA) is 66.4 Å². The molecule has 0 bridgehead atoms. The highest BCUT2D eigenvalue weighted by atomic mass is 16.4. The van der Waals surface area contributed by atoms with E-state index in [1.807, 2.05) is 51.1 Å². The molecule has 1 unspecified atom stereocenters. The van der Waals surface area contributed by atoms with Gasteiger partial charge >= 0.3 is 5.97 Å². The molecule has 2 rings (SSSR count). The molecule has 0 heterocycles. The number of rotatable bonds is 6. The summed E-state index contributed by atoms with van der Waals surface area (Å²) in [6.45, 7) is 5.72. The number of hydrogen-bond acceptors (Lipinski definition) is 2. The number of benzene rings is 2. The minimum atomic E-state index is -1.13. The summed E-state index contributed by atoms with van der Waals surface area (Å²) >= 11 is 0. The van der Waals surface area contributed by atoms with Gasteiger partial charge < -0.3 is 10.4 Å². The normalized spacial score (nSPS) is 13.1. The maximum atomic E-state index is 12.5. The molecule has 24 heavy (non-hydrogen) atoms. The lowest BCUT2D eigenvalue weighted by molar-refractivity contribution is -0.143. The summed E-state index contributed by atoms with van der Waals surface area (Å²) in [6.07, 6.45) is 0.388. The Morgan fingerprint density at radius 1 is 1.08 bits per heavy atom. The largest absolute Gasteiger partial charge is 0.481 e. The molecule has 0 saturated carbocycles. The molecule has 0 fully saturated rings. The third kappa shape index (κ3) is 3.48. The lowest BCUT2D eigenvalue weighted by atomic mass is 9.78. The quantitative estimate of drug-likeness (QED) is 0.854. The van der Waals surface area contributed by atoms with Gasteiger partial charge in [-0.2, -0.15) is 0 Å². The molecule has 0 radical (unpaired) electrons. The maximum Gasteiger partial charge on any atom is 0.315 e. The molecule has 126 valence electrons. The lowest BCUT2D eigenvalue weighted by Gasteiger charge is -2.29. The Morgan fingerprint density at radius 2 is 1.75 bits per heavy atom. The van der Waals surface area contributed by atoms with Crippen molar-refractivity contribution in [3.05, 3.63) is 70.8 Å². The minimum absolute atomic E-state index is 0.0506. The van der Waals surface area contributed by atoms with Gasteiger partial charge in [0.1, 0.15) is 5.41 Å². The summed E-state index contributed by atoms with van der Waals surface area (Å²) in [7, 11) is 0. The van der Waals surface area contributed by atoms with Gasteiger partial charge in [-0.3, -0.25) is 9.59 Å². The number of amides is 1. The van der Waals surface area contributed by atoms with Crippen molar-refractivity contribution in [3.8, 4) is 0 Å². The minimum Gasteiger partial charge on any atom is -0.481 e. The fraction of sp³-hybridized carbons (Fsp3) is 0.300. The third-order valence-corrected chi connectivity index (χ3v) is 4.52. The van der Waals surface area contributed by atoms with E-state index in [-0.39, 0.29) is 12.5 Å². The molecule has 2 aromatic rings. The van der Waals surface area contributed by atoms with Crippen molar-refractivity contribution in [2.45, 2.75) is 32.6 Å². The molecule has 1 amide bonds. The van der Waals surface area contributed by atoms with Crippen molar-refractivity contribution < 1.29 is 14.7 Å². The molecule has 0 aliphatic heterocycles. The second kappa shape index (κ2) is 7.30. The zero-order valence-corrected chi connectivity index (χ0v) is 14.3. The average Bonchev–Trinajstić information content (AvgIpc) is 2.56. The predicted octanol–water partition coefficient (Wildman–Crippen LogP) is 3.47. The summed E-state index contributed by atoms with van der Waals surface area (Å²) < 4.78 is 0. The van der Waals surface area contributed by atoms with Crippen LogP contribution in [-0.2, 0) is 10.2 Å². The summed E-state index contributed by atoms with van der Waals surface area (Å²) in [5.74, 6) is -1.18. The highest BCUT2D eigenvalue weighted by Gasteiger charge is 2.39. The van der Waals surface area contributed by atoms with Crippen LogP contribution in [0.3, 0.4) is 0 Å². The van der Waals surface area contributed by atoms with Gasteiger partial charge in [0.25, 0.3) is 5.91 Å². The molecular formula is C20H23NO3. The number of hydrogen-bond donors (Lipinski definition) is 2. The van der Waals surface area contributed by atoms with Gasteiger partial charge in [0.2, 0.25) is 0 Å². The van der Waals surface area contributed by atoms with Crippen LogP contribution in [0.1, 0.15) is 40.4 Å². The van der Waals surface area contributed by atoms with E-state index in [2.05, 4.69) is 5.32 Å². The number of carbonyl (C=O) groups excluding carboxylic acids is 1. The predicted molar refractivity (Wildman–Crippen MR) is 94.3 cm³/mol. The van der Waals surface area contributed by atoms with E-state index < -0.39 is 11.4 Å². The fourth-order valence-electron chi connectivity index (χ4n) is 2.93. The van der Waals surface area contributed by atoms with Gasteiger partial charge in [0.05, 0.1) is 0 Å². The number of nitrogens with one attached hydrogen (secondary N) is 1. The molecule has 0 saturated heterocycles. The van der Waals surface area contributed by atoms with Crippen LogP contribution in [0.4, 0.5) is 0 Å². The van der Waals surface area contributed by atoms with Crippen LogP contribution < -0.4 is 5.32 Å². The first-order valence-electron chi connectivity index (χ1n) is 8.05. The molecule has 2 N–H and O–H groups in total. The van der Waals surface area contributed by atoms with E-state index in [1.54, 1.807) is 18.2 Å². The van der Waals surface area contributed by atoms with Crippen LogP contribution in [0.15, 0.2) is 48.5 Å². The number of aryl methyl sites for hydroxylation is 2. The molecular weight excluding hydrogens is 302 g/mol. The van der Waals surface area contributed by atoms with Crippen LogP contribution in [0, 0.1) is 13.8 Å². The first kappa shape index (κ1) is 17.7. The zero-order chi connectivity index (χ0) is 17.7. The van der Waals surface area contributed by atoms with Gasteiger partial charge in [0.15, 0.2) is 0 Å². The van der Waals surface area contributed by atoms with Crippen LogP contribution >= 0.6 is 0 Å². The smallest absolute Gasteiger partial charge is 0.315 e. The van der Waals surface area contributed by atoms with Crippen molar-refractivity contribution in [3.63, 3.8) is 0 Å². The van der Waals surface area contributed by atoms with Crippen molar-refractivity contribution in [2.75, 3.05) is 6.54 Å². The Kier molecular flexibility index (Phi) is 5.39. The average molecular weight is 325 g/mol. The Hall–Kier alpha value is -2.62. The van der Waals surface area contributed by atoms with Crippen molar-refractivity contribution in [1.82, 2.24) is 5.32 Å². The molecule has 0 aliphatic carbocycles. The Labute approximate surface area is 142 Å². The molecule has 1 atom stereocenters. The van der Waals surface area contributed by atoms with E-state index in [0.717, 1.165) is 11.1 Å². The van der Waals surface area contributed by atoms with Crippen molar-refractivity contribution in [2.24, 2.45) is 0 Å². The van der Waals surface area contributed by atoms with Crippen molar-refractivity contribution >= 4 is 11.9 Å². The highest BCUT2D eigenvalue weighted by molar-refractivity contribution is 5.96. The number of carbonyl (C=O) groups is 2. The van der Waals surface area contributed by atoms with E-state index in [9.17, 15) is 14.7 Å². The van der Waals surface area contributed by atoms with Crippen LogP contribution in [0.2, 0.25) is 0 Å². The third-order valence-electron chi connectivity index (χ3n) is 4.52. The molecule has 0 aromatic heterocycles. The standard InChI is InChI=1S/C20H23NO3/c1-4-20(19(23)24,16-8-6-5-7-9-16)13-21-18(22)17-11-10-14(2)12-15(17)3/h5-12H,4,13H2,1-3H3,(H,21,22)(H,23,24). The Morgan fingerprint density at radius 3 is 2.29 bits per heavy atom. The van der Waals surface area contributed by atoms with E-state index in [1.165, 1.54) is 0 Å². The summed E-state index contributed by atoms with van der Waals surface area (Å²) in [5.41, 5.74) is 2.10. The lowest BCUT2D eigenvalue weighted by Crippen LogP contribution is -2.46. The molecule has 0 aliphatic rings. The van der Waals surface area contributed by atoms with E-state index >= 15 is 0 Å². The number of carboxylic acids is 1. The summed E-state index contributed by atoms with van der Waals surface area (Å²) in [5, 5.41) is 12.6.